The summed E-state index contributed by atoms with van der Waals surface area (Å²) in [5, 5.41) is 7.22. The molecule has 6 nitrogen and oxygen atoms in total. The minimum Gasteiger partial charge on any atom is -0.422 e. The summed E-state index contributed by atoms with van der Waals surface area (Å²) >= 11 is 0. The molecule has 3 aromatic rings. The first-order valence-corrected chi connectivity index (χ1v) is 6.19. The van der Waals surface area contributed by atoms with E-state index < -0.39 is 5.63 Å². The standard InChI is InChI=1S/C14H13N3O3/c1-8-5-12(18)20-11-3-4-17(14(19)13(8)11)7-10-6-15-16-9(10)2/h3-6H,7H2,1-2H3,(H,15,16). The fourth-order valence-electron chi connectivity index (χ4n) is 2.24. The average molecular weight is 271 g/mol. The van der Waals surface area contributed by atoms with E-state index in [9.17, 15) is 9.59 Å². The van der Waals surface area contributed by atoms with Gasteiger partial charge in [0.2, 0.25) is 0 Å². The van der Waals surface area contributed by atoms with Gasteiger partial charge >= 0.3 is 5.63 Å². The molecule has 0 radical (unpaired) electrons. The topological polar surface area (TPSA) is 80.9 Å². The van der Waals surface area contributed by atoms with E-state index in [4.69, 9.17) is 4.42 Å². The Hall–Kier alpha value is -2.63. The summed E-state index contributed by atoms with van der Waals surface area (Å²) in [6.07, 6.45) is 3.32. The lowest BCUT2D eigenvalue weighted by atomic mass is 10.2. The zero-order chi connectivity index (χ0) is 14.3. The van der Waals surface area contributed by atoms with Crippen LogP contribution < -0.4 is 11.2 Å². The molecule has 0 aliphatic carbocycles. The highest BCUT2D eigenvalue weighted by molar-refractivity contribution is 5.78. The first-order chi connectivity index (χ1) is 9.56. The molecule has 0 amide bonds. The molecule has 0 unspecified atom stereocenters. The van der Waals surface area contributed by atoms with Gasteiger partial charge in [-0.25, -0.2) is 4.79 Å². The van der Waals surface area contributed by atoms with Crippen LogP contribution in [0.15, 0.2) is 38.5 Å². The van der Waals surface area contributed by atoms with Crippen molar-refractivity contribution in [1.29, 1.82) is 0 Å². The molecule has 3 rings (SSSR count). The largest absolute Gasteiger partial charge is 0.422 e. The van der Waals surface area contributed by atoms with Crippen molar-refractivity contribution >= 4 is 11.0 Å². The molecule has 0 atom stereocenters. The maximum absolute atomic E-state index is 12.5. The Bertz CT molecular complexity index is 902. The monoisotopic (exact) mass is 271 g/mol. The number of rotatable bonds is 2. The van der Waals surface area contributed by atoms with Crippen molar-refractivity contribution in [3.8, 4) is 0 Å². The quantitative estimate of drug-likeness (QED) is 0.762. The normalized spacial score (nSPS) is 11.1. The average Bonchev–Trinajstić information content (AvgIpc) is 2.78. The number of pyridine rings is 1. The summed E-state index contributed by atoms with van der Waals surface area (Å²) in [4.78, 5) is 23.8. The highest BCUT2D eigenvalue weighted by atomic mass is 16.4. The maximum Gasteiger partial charge on any atom is 0.336 e. The lowest BCUT2D eigenvalue weighted by Gasteiger charge is -2.07. The Morgan fingerprint density at radius 1 is 1.35 bits per heavy atom. The Morgan fingerprint density at radius 2 is 2.15 bits per heavy atom. The van der Waals surface area contributed by atoms with Crippen molar-refractivity contribution in [2.45, 2.75) is 20.4 Å². The van der Waals surface area contributed by atoms with E-state index in [-0.39, 0.29) is 5.56 Å². The molecule has 0 aliphatic rings. The van der Waals surface area contributed by atoms with Crippen LogP contribution in [0.5, 0.6) is 0 Å². The highest BCUT2D eigenvalue weighted by Crippen LogP contribution is 2.12. The molecule has 6 heteroatoms. The van der Waals surface area contributed by atoms with E-state index in [1.807, 2.05) is 6.92 Å². The molecule has 1 N–H and O–H groups in total. The lowest BCUT2D eigenvalue weighted by molar-refractivity contribution is 0.557. The van der Waals surface area contributed by atoms with Crippen molar-refractivity contribution in [3.63, 3.8) is 0 Å². The third-order valence-electron chi connectivity index (χ3n) is 3.34. The summed E-state index contributed by atoms with van der Waals surface area (Å²) < 4.78 is 6.63. The van der Waals surface area contributed by atoms with Gasteiger partial charge in [0.25, 0.3) is 5.56 Å². The van der Waals surface area contributed by atoms with E-state index in [1.165, 1.54) is 6.07 Å². The van der Waals surface area contributed by atoms with Crippen molar-refractivity contribution < 1.29 is 4.42 Å². The third kappa shape index (κ3) is 1.95. The summed E-state index contributed by atoms with van der Waals surface area (Å²) in [6, 6.07) is 2.97. The number of hydrogen-bond donors (Lipinski definition) is 1. The summed E-state index contributed by atoms with van der Waals surface area (Å²) in [6.45, 7) is 4.06. The summed E-state index contributed by atoms with van der Waals surface area (Å²) in [7, 11) is 0. The van der Waals surface area contributed by atoms with Gasteiger partial charge < -0.3 is 8.98 Å². The number of hydrogen-bond acceptors (Lipinski definition) is 4. The van der Waals surface area contributed by atoms with Gasteiger partial charge in [-0.3, -0.25) is 9.89 Å². The minimum absolute atomic E-state index is 0.177. The number of fused-ring (bicyclic) bond motifs is 1. The third-order valence-corrected chi connectivity index (χ3v) is 3.34. The predicted octanol–water partition coefficient (Wildman–Crippen LogP) is 1.34. The molecule has 0 saturated carbocycles. The SMILES string of the molecule is Cc1[nH]ncc1Cn1ccc2oc(=O)cc(C)c2c1=O. The maximum atomic E-state index is 12.5. The van der Waals surface area contributed by atoms with Gasteiger partial charge in [0, 0.05) is 23.5 Å². The van der Waals surface area contributed by atoms with Gasteiger partial charge in [0.1, 0.15) is 5.58 Å². The van der Waals surface area contributed by atoms with Crippen molar-refractivity contribution in [3.05, 3.63) is 62.1 Å². The number of H-pyrrole nitrogens is 1. The second-order valence-electron chi connectivity index (χ2n) is 4.76. The van der Waals surface area contributed by atoms with Crippen LogP contribution in [0.2, 0.25) is 0 Å². The van der Waals surface area contributed by atoms with E-state index in [0.717, 1.165) is 11.3 Å². The minimum atomic E-state index is -0.446. The van der Waals surface area contributed by atoms with Crippen molar-refractivity contribution in [2.75, 3.05) is 0 Å². The Balaban J connectivity index is 2.19. The van der Waals surface area contributed by atoms with Crippen LogP contribution in [0.4, 0.5) is 0 Å². The van der Waals surface area contributed by atoms with E-state index in [2.05, 4.69) is 10.2 Å². The van der Waals surface area contributed by atoms with Gasteiger partial charge in [-0.05, 0) is 25.5 Å². The van der Waals surface area contributed by atoms with E-state index >= 15 is 0 Å². The molecule has 0 bridgehead atoms. The Labute approximate surface area is 113 Å². The molecule has 0 aromatic carbocycles. The van der Waals surface area contributed by atoms with E-state index in [1.54, 1.807) is 30.0 Å². The number of aryl methyl sites for hydroxylation is 2. The fourth-order valence-corrected chi connectivity index (χ4v) is 2.24. The molecule has 0 aliphatic heterocycles. The van der Waals surface area contributed by atoms with Gasteiger partial charge in [-0.1, -0.05) is 0 Å². The van der Waals surface area contributed by atoms with Gasteiger partial charge in [0.05, 0.1) is 18.1 Å². The second-order valence-corrected chi connectivity index (χ2v) is 4.76. The zero-order valence-corrected chi connectivity index (χ0v) is 11.1. The fraction of sp³-hybridized carbons (Fsp3) is 0.214. The highest BCUT2D eigenvalue weighted by Gasteiger charge is 2.10. The van der Waals surface area contributed by atoms with Gasteiger partial charge in [0.15, 0.2) is 0 Å². The number of aromatic nitrogens is 3. The van der Waals surface area contributed by atoms with Gasteiger partial charge in [-0.15, -0.1) is 0 Å². The molecule has 0 saturated heterocycles. The summed E-state index contributed by atoms with van der Waals surface area (Å²) in [5.41, 5.74) is 2.19. The number of nitrogens with zero attached hydrogens (tertiary/aromatic N) is 2. The van der Waals surface area contributed by atoms with Crippen LogP contribution in [0.25, 0.3) is 11.0 Å². The van der Waals surface area contributed by atoms with Crippen LogP contribution in [0, 0.1) is 13.8 Å². The van der Waals surface area contributed by atoms with Crippen LogP contribution in [-0.4, -0.2) is 14.8 Å². The predicted molar refractivity (Wildman–Crippen MR) is 73.9 cm³/mol. The molecular weight excluding hydrogens is 258 g/mol. The Morgan fingerprint density at radius 3 is 2.85 bits per heavy atom. The molecule has 3 aromatic heterocycles. The first kappa shape index (κ1) is 12.4. The van der Waals surface area contributed by atoms with Crippen LogP contribution in [0.1, 0.15) is 16.8 Å². The van der Waals surface area contributed by atoms with Crippen molar-refractivity contribution in [2.24, 2.45) is 0 Å². The zero-order valence-electron chi connectivity index (χ0n) is 11.1. The van der Waals surface area contributed by atoms with Crippen LogP contribution in [-0.2, 0) is 6.54 Å². The second kappa shape index (κ2) is 4.48. The molecular formula is C14H13N3O3. The smallest absolute Gasteiger partial charge is 0.336 e. The van der Waals surface area contributed by atoms with Crippen LogP contribution in [0.3, 0.4) is 0 Å². The molecule has 0 fully saturated rings. The van der Waals surface area contributed by atoms with Crippen molar-refractivity contribution in [1.82, 2.24) is 14.8 Å². The molecule has 102 valence electrons. The number of nitrogens with one attached hydrogen (secondary N) is 1. The molecule has 0 spiro atoms. The molecule has 3 heterocycles. The summed E-state index contributed by atoms with van der Waals surface area (Å²) in [5.74, 6) is 0. The number of aromatic amines is 1. The Kier molecular flexibility index (Phi) is 2.78. The van der Waals surface area contributed by atoms with Gasteiger partial charge in [-0.2, -0.15) is 5.10 Å². The first-order valence-electron chi connectivity index (χ1n) is 6.19. The van der Waals surface area contributed by atoms with Crippen LogP contribution >= 0.6 is 0 Å². The molecule has 20 heavy (non-hydrogen) atoms. The van der Waals surface area contributed by atoms with E-state index in [0.29, 0.717) is 23.1 Å². The lowest BCUT2D eigenvalue weighted by Crippen LogP contribution is -2.21.